The van der Waals surface area contributed by atoms with Crippen LogP contribution in [0.3, 0.4) is 0 Å². The minimum Gasteiger partial charge on any atom is -0.336 e. The first-order valence-electron chi connectivity index (χ1n) is 9.79. The zero-order valence-corrected chi connectivity index (χ0v) is 15.9. The Bertz CT molecular complexity index is 748. The summed E-state index contributed by atoms with van der Waals surface area (Å²) in [5.41, 5.74) is 2.55. The van der Waals surface area contributed by atoms with E-state index in [1.54, 1.807) is 18.6 Å². The van der Waals surface area contributed by atoms with Gasteiger partial charge in [-0.25, -0.2) is 0 Å². The van der Waals surface area contributed by atoms with Crippen molar-refractivity contribution in [2.24, 2.45) is 0 Å². The van der Waals surface area contributed by atoms with Crippen molar-refractivity contribution in [3.05, 3.63) is 48.4 Å². The van der Waals surface area contributed by atoms with Gasteiger partial charge in [-0.3, -0.25) is 19.7 Å². The first-order chi connectivity index (χ1) is 13.2. The maximum Gasteiger partial charge on any atom is 0.253 e. The van der Waals surface area contributed by atoms with E-state index in [1.165, 1.54) is 25.9 Å². The summed E-state index contributed by atoms with van der Waals surface area (Å²) in [7, 11) is 2.20. The monoisotopic (exact) mass is 365 g/mol. The third kappa shape index (κ3) is 4.17. The highest BCUT2D eigenvalue weighted by Crippen LogP contribution is 2.20. The van der Waals surface area contributed by atoms with Gasteiger partial charge in [0.15, 0.2) is 0 Å². The summed E-state index contributed by atoms with van der Waals surface area (Å²) < 4.78 is 0. The summed E-state index contributed by atoms with van der Waals surface area (Å²) in [6.45, 7) is 5.97. The largest absolute Gasteiger partial charge is 0.336 e. The molecule has 0 radical (unpaired) electrons. The molecule has 1 aromatic carbocycles. The summed E-state index contributed by atoms with van der Waals surface area (Å²) in [5.74, 6) is 0.128. The first-order valence-corrected chi connectivity index (χ1v) is 9.79. The lowest BCUT2D eigenvalue weighted by atomic mass is 10.0. The molecule has 0 aliphatic carbocycles. The Morgan fingerprint density at radius 1 is 0.963 bits per heavy atom. The van der Waals surface area contributed by atoms with Crippen molar-refractivity contribution in [2.75, 3.05) is 46.3 Å². The number of hydrogen-bond acceptors (Lipinski definition) is 5. The van der Waals surface area contributed by atoms with E-state index in [2.05, 4.69) is 26.8 Å². The molecule has 0 unspecified atom stereocenters. The number of hydrogen-bond donors (Lipinski definition) is 0. The van der Waals surface area contributed by atoms with E-state index < -0.39 is 0 Å². The number of carbonyl (C=O) groups excluding carboxylic acids is 1. The fourth-order valence-corrected chi connectivity index (χ4v) is 4.06. The molecule has 142 valence electrons. The maximum absolute atomic E-state index is 12.8. The van der Waals surface area contributed by atoms with Crippen molar-refractivity contribution in [1.82, 2.24) is 24.7 Å². The normalized spacial score (nSPS) is 20.0. The van der Waals surface area contributed by atoms with E-state index in [-0.39, 0.29) is 5.91 Å². The van der Waals surface area contributed by atoms with Gasteiger partial charge in [-0.2, -0.15) is 0 Å². The van der Waals surface area contributed by atoms with Gasteiger partial charge in [0.25, 0.3) is 5.91 Å². The topological polar surface area (TPSA) is 52.6 Å². The number of amides is 1. The number of piperazine rings is 1. The molecular formula is C21H27N5O. The smallest absolute Gasteiger partial charge is 0.253 e. The number of benzene rings is 1. The highest BCUT2D eigenvalue weighted by molar-refractivity contribution is 5.94. The molecule has 2 aliphatic heterocycles. The molecule has 1 amide bonds. The van der Waals surface area contributed by atoms with Crippen molar-refractivity contribution in [1.29, 1.82) is 0 Å². The van der Waals surface area contributed by atoms with Crippen LogP contribution in [0.15, 0.2) is 42.9 Å². The van der Waals surface area contributed by atoms with Crippen LogP contribution in [-0.4, -0.2) is 82.9 Å². The van der Waals surface area contributed by atoms with E-state index in [0.717, 1.165) is 43.0 Å². The lowest BCUT2D eigenvalue weighted by Gasteiger charge is -2.42. The molecule has 2 saturated heterocycles. The van der Waals surface area contributed by atoms with Crippen molar-refractivity contribution in [3.8, 4) is 11.3 Å². The molecule has 6 nitrogen and oxygen atoms in total. The van der Waals surface area contributed by atoms with Gasteiger partial charge in [0, 0.05) is 55.7 Å². The molecule has 1 aromatic heterocycles. The average molecular weight is 365 g/mol. The van der Waals surface area contributed by atoms with Crippen LogP contribution >= 0.6 is 0 Å². The molecule has 0 saturated carbocycles. The number of piperidine rings is 1. The molecule has 2 aliphatic rings. The molecule has 2 aromatic rings. The second-order valence-electron chi connectivity index (χ2n) is 7.53. The molecule has 0 atom stereocenters. The molecular weight excluding hydrogens is 338 g/mol. The van der Waals surface area contributed by atoms with E-state index in [0.29, 0.717) is 6.04 Å². The van der Waals surface area contributed by atoms with Gasteiger partial charge >= 0.3 is 0 Å². The van der Waals surface area contributed by atoms with Crippen molar-refractivity contribution in [2.45, 2.75) is 18.9 Å². The van der Waals surface area contributed by atoms with Crippen molar-refractivity contribution < 1.29 is 4.79 Å². The van der Waals surface area contributed by atoms with Crippen LogP contribution in [0, 0.1) is 0 Å². The molecule has 6 heteroatoms. The number of rotatable bonds is 3. The molecule has 0 N–H and O–H groups in total. The van der Waals surface area contributed by atoms with E-state index in [1.807, 2.05) is 29.2 Å². The highest BCUT2D eigenvalue weighted by atomic mass is 16.2. The molecule has 3 heterocycles. The minimum absolute atomic E-state index is 0.128. The first kappa shape index (κ1) is 18.1. The summed E-state index contributed by atoms with van der Waals surface area (Å²) in [6, 6.07) is 8.38. The van der Waals surface area contributed by atoms with Gasteiger partial charge < -0.3 is 9.80 Å². The molecule has 0 bridgehead atoms. The Kier molecular flexibility index (Phi) is 5.45. The van der Waals surface area contributed by atoms with Crippen LogP contribution in [-0.2, 0) is 0 Å². The second-order valence-corrected chi connectivity index (χ2v) is 7.53. The Morgan fingerprint density at radius 2 is 1.67 bits per heavy atom. The van der Waals surface area contributed by atoms with Gasteiger partial charge in [0.05, 0.1) is 11.9 Å². The van der Waals surface area contributed by atoms with Crippen LogP contribution in [0.2, 0.25) is 0 Å². The Morgan fingerprint density at radius 3 is 2.30 bits per heavy atom. The summed E-state index contributed by atoms with van der Waals surface area (Å²) in [6.07, 6.45) is 7.56. The van der Waals surface area contributed by atoms with Crippen molar-refractivity contribution in [3.63, 3.8) is 0 Å². The Balaban J connectivity index is 1.34. The lowest BCUT2D eigenvalue weighted by Crippen LogP contribution is -2.54. The SMILES string of the molecule is CN1CCC(N2CCN(C(=O)c3ccc(-c4cnccn4)cc3)CC2)CC1. The lowest BCUT2D eigenvalue weighted by molar-refractivity contribution is 0.0475. The quantitative estimate of drug-likeness (QED) is 0.833. The summed E-state index contributed by atoms with van der Waals surface area (Å²) in [5, 5.41) is 0. The Labute approximate surface area is 160 Å². The zero-order valence-electron chi connectivity index (χ0n) is 15.9. The van der Waals surface area contributed by atoms with Crippen molar-refractivity contribution >= 4 is 5.91 Å². The predicted octanol–water partition coefficient (Wildman–Crippen LogP) is 2.00. The summed E-state index contributed by atoms with van der Waals surface area (Å²) >= 11 is 0. The third-order valence-corrected chi connectivity index (χ3v) is 5.80. The van der Waals surface area contributed by atoms with Crippen LogP contribution < -0.4 is 0 Å². The number of carbonyl (C=O) groups is 1. The molecule has 0 spiro atoms. The number of likely N-dealkylation sites (tertiary alicyclic amines) is 1. The fourth-order valence-electron chi connectivity index (χ4n) is 4.06. The van der Waals surface area contributed by atoms with Gasteiger partial charge in [0.2, 0.25) is 0 Å². The third-order valence-electron chi connectivity index (χ3n) is 5.80. The standard InChI is InChI=1S/C21H27N5O/c1-24-10-6-19(7-11-24)25-12-14-26(15-13-25)21(27)18-4-2-17(3-5-18)20-16-22-8-9-23-20/h2-5,8-9,16,19H,6-7,10-15H2,1H3. The maximum atomic E-state index is 12.8. The van der Waals surface area contributed by atoms with E-state index in [9.17, 15) is 4.79 Å². The van der Waals surface area contributed by atoms with Gasteiger partial charge in [-0.05, 0) is 45.1 Å². The minimum atomic E-state index is 0.128. The molecule has 27 heavy (non-hydrogen) atoms. The molecule has 2 fully saturated rings. The van der Waals surface area contributed by atoms with Crippen LogP contribution in [0.4, 0.5) is 0 Å². The van der Waals surface area contributed by atoms with Gasteiger partial charge in [-0.15, -0.1) is 0 Å². The summed E-state index contributed by atoms with van der Waals surface area (Å²) in [4.78, 5) is 28.2. The number of aromatic nitrogens is 2. The van der Waals surface area contributed by atoms with Gasteiger partial charge in [0.1, 0.15) is 0 Å². The fraction of sp³-hybridized carbons (Fsp3) is 0.476. The van der Waals surface area contributed by atoms with E-state index >= 15 is 0 Å². The highest BCUT2D eigenvalue weighted by Gasteiger charge is 2.28. The second kappa shape index (κ2) is 8.15. The van der Waals surface area contributed by atoms with Gasteiger partial charge in [-0.1, -0.05) is 12.1 Å². The predicted molar refractivity (Wildman–Crippen MR) is 105 cm³/mol. The van der Waals surface area contributed by atoms with Crippen LogP contribution in [0.25, 0.3) is 11.3 Å². The van der Waals surface area contributed by atoms with E-state index in [4.69, 9.17) is 0 Å². The van der Waals surface area contributed by atoms with Crippen LogP contribution in [0.1, 0.15) is 23.2 Å². The molecule has 4 rings (SSSR count). The Hall–Kier alpha value is -2.31. The number of nitrogens with zero attached hydrogens (tertiary/aromatic N) is 5. The zero-order chi connectivity index (χ0) is 18.6. The van der Waals surface area contributed by atoms with Crippen LogP contribution in [0.5, 0.6) is 0 Å². The average Bonchev–Trinajstić information content (AvgIpc) is 2.75.